The third-order valence-electron chi connectivity index (χ3n) is 3.11. The van der Waals surface area contributed by atoms with E-state index >= 15 is 0 Å². The maximum absolute atomic E-state index is 12.3. The first-order valence-corrected chi connectivity index (χ1v) is 6.36. The van der Waals surface area contributed by atoms with Crippen molar-refractivity contribution in [2.24, 2.45) is 5.84 Å². The summed E-state index contributed by atoms with van der Waals surface area (Å²) in [6.45, 7) is -0.414. The smallest absolute Gasteiger partial charge is 0.270 e. The van der Waals surface area contributed by atoms with E-state index < -0.39 is 22.9 Å². The third-order valence-corrected chi connectivity index (χ3v) is 3.11. The summed E-state index contributed by atoms with van der Waals surface area (Å²) in [5.74, 6) is 4.38. The molecule has 0 unspecified atom stereocenters. The van der Waals surface area contributed by atoms with Crippen LogP contribution in [-0.4, -0.2) is 15.4 Å². The highest BCUT2D eigenvalue weighted by molar-refractivity contribution is 5.76. The fourth-order valence-electron chi connectivity index (χ4n) is 2.04. The molecule has 0 atom stereocenters. The molecule has 1 aromatic carbocycles. The topological polar surface area (TPSA) is 144 Å². The number of hydrazine groups is 1. The number of nitriles is 1. The highest BCUT2D eigenvalue weighted by Gasteiger charge is 2.15. The van der Waals surface area contributed by atoms with Crippen molar-refractivity contribution in [3.8, 4) is 17.3 Å². The molecule has 0 saturated heterocycles. The summed E-state index contributed by atoms with van der Waals surface area (Å²) < 4.78 is 1.04. The molecule has 0 fully saturated rings. The van der Waals surface area contributed by atoms with E-state index in [1.165, 1.54) is 30.3 Å². The van der Waals surface area contributed by atoms with Gasteiger partial charge in [-0.25, -0.2) is 5.84 Å². The Morgan fingerprint density at radius 3 is 2.74 bits per heavy atom. The van der Waals surface area contributed by atoms with Gasteiger partial charge in [-0.3, -0.25) is 29.7 Å². The number of aromatic nitrogens is 1. The number of nitro groups is 1. The lowest BCUT2D eigenvalue weighted by molar-refractivity contribution is -0.384. The molecule has 0 spiro atoms. The first-order chi connectivity index (χ1) is 11.0. The number of carbonyl (C=O) groups excluding carboxylic acids is 1. The number of carbonyl (C=O) groups is 1. The monoisotopic (exact) mass is 313 g/mol. The van der Waals surface area contributed by atoms with Crippen molar-refractivity contribution < 1.29 is 9.72 Å². The largest absolute Gasteiger partial charge is 0.298 e. The molecule has 3 N–H and O–H groups in total. The molecular formula is C14H11N5O4. The maximum atomic E-state index is 12.3. The minimum Gasteiger partial charge on any atom is -0.298 e. The highest BCUT2D eigenvalue weighted by Crippen LogP contribution is 2.23. The molecule has 0 saturated carbocycles. The average Bonchev–Trinajstić information content (AvgIpc) is 2.56. The van der Waals surface area contributed by atoms with Gasteiger partial charge in [0.15, 0.2) is 0 Å². The SMILES string of the molecule is N#Cc1ccc(-c2cccc([N+](=O)[O-])c2)n(CC(=O)NN)c1=O. The number of pyridine rings is 1. The Balaban J connectivity index is 2.67. The molecule has 1 aromatic heterocycles. The van der Waals surface area contributed by atoms with Gasteiger partial charge in [-0.2, -0.15) is 5.26 Å². The van der Waals surface area contributed by atoms with E-state index in [2.05, 4.69) is 0 Å². The number of hydrogen-bond donors (Lipinski definition) is 2. The first-order valence-electron chi connectivity index (χ1n) is 6.36. The Bertz CT molecular complexity index is 881. The van der Waals surface area contributed by atoms with Crippen LogP contribution in [-0.2, 0) is 11.3 Å². The number of amides is 1. The quantitative estimate of drug-likeness (QED) is 0.359. The van der Waals surface area contributed by atoms with E-state index in [4.69, 9.17) is 11.1 Å². The van der Waals surface area contributed by atoms with Gasteiger partial charge in [0.2, 0.25) is 0 Å². The summed E-state index contributed by atoms with van der Waals surface area (Å²) >= 11 is 0. The number of nitrogens with two attached hydrogens (primary N) is 1. The maximum Gasteiger partial charge on any atom is 0.270 e. The van der Waals surface area contributed by atoms with Crippen LogP contribution in [0.2, 0.25) is 0 Å². The second kappa shape index (κ2) is 6.50. The Hall–Kier alpha value is -3.51. The predicted molar refractivity (Wildman–Crippen MR) is 79.8 cm³/mol. The van der Waals surface area contributed by atoms with Crippen LogP contribution in [0.3, 0.4) is 0 Å². The van der Waals surface area contributed by atoms with Crippen LogP contribution in [0.5, 0.6) is 0 Å². The van der Waals surface area contributed by atoms with E-state index in [1.54, 1.807) is 12.1 Å². The van der Waals surface area contributed by atoms with Crippen molar-refractivity contribution in [2.45, 2.75) is 6.54 Å². The van der Waals surface area contributed by atoms with Gasteiger partial charge in [-0.1, -0.05) is 12.1 Å². The van der Waals surface area contributed by atoms with Gasteiger partial charge in [-0.15, -0.1) is 0 Å². The third kappa shape index (κ3) is 3.22. The molecule has 2 aromatic rings. The zero-order chi connectivity index (χ0) is 17.0. The average molecular weight is 313 g/mol. The van der Waals surface area contributed by atoms with Crippen molar-refractivity contribution in [1.82, 2.24) is 9.99 Å². The van der Waals surface area contributed by atoms with Crippen molar-refractivity contribution >= 4 is 11.6 Å². The van der Waals surface area contributed by atoms with E-state index in [9.17, 15) is 19.7 Å². The van der Waals surface area contributed by atoms with Gasteiger partial charge >= 0.3 is 0 Å². The van der Waals surface area contributed by atoms with Gasteiger partial charge in [0.25, 0.3) is 17.2 Å². The molecule has 0 radical (unpaired) electrons. The van der Waals surface area contributed by atoms with Crippen molar-refractivity contribution in [2.75, 3.05) is 0 Å². The van der Waals surface area contributed by atoms with E-state index in [1.807, 2.05) is 5.43 Å². The lowest BCUT2D eigenvalue weighted by Gasteiger charge is -2.12. The van der Waals surface area contributed by atoms with Gasteiger partial charge in [0.1, 0.15) is 18.2 Å². The summed E-state index contributed by atoms with van der Waals surface area (Å²) in [5.41, 5.74) is 1.54. The van der Waals surface area contributed by atoms with E-state index in [0.29, 0.717) is 5.56 Å². The zero-order valence-electron chi connectivity index (χ0n) is 11.7. The number of nitrogens with one attached hydrogen (secondary N) is 1. The molecular weight excluding hydrogens is 302 g/mol. The molecule has 9 heteroatoms. The molecule has 1 heterocycles. The van der Waals surface area contributed by atoms with Gasteiger partial charge in [0, 0.05) is 17.7 Å². The van der Waals surface area contributed by atoms with E-state index in [0.717, 1.165) is 4.57 Å². The minimum atomic E-state index is -0.680. The second-order valence-corrected chi connectivity index (χ2v) is 4.51. The van der Waals surface area contributed by atoms with Crippen LogP contribution in [0.4, 0.5) is 5.69 Å². The molecule has 2 rings (SSSR count). The summed E-state index contributed by atoms with van der Waals surface area (Å²) in [7, 11) is 0. The van der Waals surface area contributed by atoms with Crippen LogP contribution in [0.15, 0.2) is 41.2 Å². The number of rotatable bonds is 4. The Morgan fingerprint density at radius 1 is 1.39 bits per heavy atom. The van der Waals surface area contributed by atoms with Crippen LogP contribution >= 0.6 is 0 Å². The van der Waals surface area contributed by atoms with Crippen molar-refractivity contribution in [3.05, 3.63) is 62.4 Å². The van der Waals surface area contributed by atoms with Crippen molar-refractivity contribution in [1.29, 1.82) is 5.26 Å². The molecule has 0 aliphatic carbocycles. The Labute approximate surface area is 129 Å². The Morgan fingerprint density at radius 2 is 2.13 bits per heavy atom. The summed E-state index contributed by atoms with van der Waals surface area (Å²) in [6.07, 6.45) is 0. The second-order valence-electron chi connectivity index (χ2n) is 4.51. The first kappa shape index (κ1) is 15.9. The summed E-state index contributed by atoms with van der Waals surface area (Å²) in [5, 5.41) is 19.8. The fraction of sp³-hybridized carbons (Fsp3) is 0.0714. The van der Waals surface area contributed by atoms with Crippen molar-refractivity contribution in [3.63, 3.8) is 0 Å². The molecule has 1 amide bonds. The minimum absolute atomic E-state index is 0.149. The number of nitrogens with zero attached hydrogens (tertiary/aromatic N) is 3. The van der Waals surface area contributed by atoms with Crippen LogP contribution in [0.25, 0.3) is 11.3 Å². The standard InChI is InChI=1S/C14H11N5O4/c15-7-10-4-5-12(18(14(10)21)8-13(20)17-16)9-2-1-3-11(6-9)19(22)23/h1-6H,8,16H2,(H,17,20). The summed E-state index contributed by atoms with van der Waals surface area (Å²) in [6, 6.07) is 10.1. The molecule has 23 heavy (non-hydrogen) atoms. The van der Waals surface area contributed by atoms with E-state index in [-0.39, 0.29) is 16.9 Å². The lowest BCUT2D eigenvalue weighted by Crippen LogP contribution is -2.37. The number of non-ortho nitro benzene ring substituents is 1. The zero-order valence-corrected chi connectivity index (χ0v) is 11.7. The van der Waals surface area contributed by atoms with Crippen LogP contribution in [0, 0.1) is 21.4 Å². The van der Waals surface area contributed by atoms with Gasteiger partial charge in [-0.05, 0) is 12.1 Å². The molecule has 0 aliphatic heterocycles. The highest BCUT2D eigenvalue weighted by atomic mass is 16.6. The van der Waals surface area contributed by atoms with Crippen LogP contribution < -0.4 is 16.8 Å². The summed E-state index contributed by atoms with van der Waals surface area (Å²) in [4.78, 5) is 34.1. The van der Waals surface area contributed by atoms with Gasteiger partial charge in [0.05, 0.1) is 10.6 Å². The molecule has 9 nitrogen and oxygen atoms in total. The fourth-order valence-corrected chi connectivity index (χ4v) is 2.04. The molecule has 0 aliphatic rings. The normalized spacial score (nSPS) is 9.91. The van der Waals surface area contributed by atoms with Gasteiger partial charge < -0.3 is 0 Å². The number of benzene rings is 1. The molecule has 116 valence electrons. The predicted octanol–water partition coefficient (Wildman–Crippen LogP) is 0.285. The number of hydrogen-bond acceptors (Lipinski definition) is 6. The van der Waals surface area contributed by atoms with Crippen LogP contribution in [0.1, 0.15) is 5.56 Å². The molecule has 0 bridgehead atoms. The number of nitro benzene ring substituents is 1. The lowest BCUT2D eigenvalue weighted by atomic mass is 10.1. The Kier molecular flexibility index (Phi) is 4.49.